The van der Waals surface area contributed by atoms with Crippen LogP contribution in [-0.4, -0.2) is 33.9 Å². The summed E-state index contributed by atoms with van der Waals surface area (Å²) < 4.78 is 5.88. The van der Waals surface area contributed by atoms with E-state index < -0.39 is 6.10 Å². The average Bonchev–Trinajstić information content (AvgIpc) is 2.99. The lowest BCUT2D eigenvalue weighted by Gasteiger charge is -2.22. The first kappa shape index (κ1) is 17.0. The van der Waals surface area contributed by atoms with E-state index in [0.717, 1.165) is 33.7 Å². The summed E-state index contributed by atoms with van der Waals surface area (Å²) in [4.78, 5) is 22.0. The Morgan fingerprint density at radius 1 is 1.24 bits per heavy atom. The van der Waals surface area contributed by atoms with Crippen molar-refractivity contribution in [2.24, 2.45) is 0 Å². The van der Waals surface area contributed by atoms with Crippen LogP contribution < -0.4 is 4.74 Å². The van der Waals surface area contributed by atoms with Gasteiger partial charge >= 0.3 is 0 Å². The van der Waals surface area contributed by atoms with E-state index in [1.807, 2.05) is 56.3 Å². The molecule has 1 aromatic heterocycles. The van der Waals surface area contributed by atoms with Crippen molar-refractivity contribution in [3.63, 3.8) is 0 Å². The molecule has 130 valence electrons. The number of ether oxygens (including phenoxy) is 1. The summed E-state index contributed by atoms with van der Waals surface area (Å²) in [5.74, 6) is 1.43. The van der Waals surface area contributed by atoms with Crippen LogP contribution in [0.15, 0.2) is 42.5 Å². The Bertz CT molecular complexity index is 868. The molecule has 0 saturated heterocycles. The zero-order chi connectivity index (χ0) is 18.0. The highest BCUT2D eigenvalue weighted by molar-refractivity contribution is 5.81. The minimum atomic E-state index is -0.560. The van der Waals surface area contributed by atoms with Gasteiger partial charge < -0.3 is 14.6 Å². The SMILES string of the molecule is Cc1ccc(C)c(O[C@@H](C)C(=O)N(C)Cc2nc3ccccc3[nH]2)c1. The van der Waals surface area contributed by atoms with Crippen LogP contribution in [0, 0.1) is 13.8 Å². The van der Waals surface area contributed by atoms with E-state index >= 15 is 0 Å². The topological polar surface area (TPSA) is 58.2 Å². The van der Waals surface area contributed by atoms with Crippen molar-refractivity contribution in [1.82, 2.24) is 14.9 Å². The number of hydrogen-bond donors (Lipinski definition) is 1. The van der Waals surface area contributed by atoms with Crippen molar-refractivity contribution in [1.29, 1.82) is 0 Å². The van der Waals surface area contributed by atoms with Crippen molar-refractivity contribution < 1.29 is 9.53 Å². The molecule has 0 fully saturated rings. The molecular weight excluding hydrogens is 314 g/mol. The summed E-state index contributed by atoms with van der Waals surface area (Å²) in [6, 6.07) is 13.8. The van der Waals surface area contributed by atoms with Crippen LogP contribution in [-0.2, 0) is 11.3 Å². The molecule has 25 heavy (non-hydrogen) atoms. The molecule has 1 heterocycles. The van der Waals surface area contributed by atoms with Gasteiger partial charge in [0, 0.05) is 7.05 Å². The summed E-state index contributed by atoms with van der Waals surface area (Å²) in [6.45, 7) is 6.17. The number of para-hydroxylation sites is 2. The van der Waals surface area contributed by atoms with E-state index in [9.17, 15) is 4.79 Å². The number of H-pyrrole nitrogens is 1. The fourth-order valence-electron chi connectivity index (χ4n) is 2.77. The molecule has 0 aliphatic carbocycles. The predicted octanol–water partition coefficient (Wildman–Crippen LogP) is 3.61. The van der Waals surface area contributed by atoms with Crippen molar-refractivity contribution in [2.45, 2.75) is 33.4 Å². The highest BCUT2D eigenvalue weighted by atomic mass is 16.5. The van der Waals surface area contributed by atoms with Crippen molar-refractivity contribution in [3.05, 3.63) is 59.4 Å². The molecule has 0 unspecified atom stereocenters. The minimum Gasteiger partial charge on any atom is -0.481 e. The van der Waals surface area contributed by atoms with E-state index in [4.69, 9.17) is 4.74 Å². The van der Waals surface area contributed by atoms with Crippen LogP contribution in [0.5, 0.6) is 5.75 Å². The van der Waals surface area contributed by atoms with Crippen molar-refractivity contribution in [3.8, 4) is 5.75 Å². The van der Waals surface area contributed by atoms with Crippen LogP contribution in [0.25, 0.3) is 11.0 Å². The third-order valence-electron chi connectivity index (χ3n) is 4.20. The Balaban J connectivity index is 1.67. The number of carbonyl (C=O) groups excluding carboxylic acids is 1. The maximum atomic E-state index is 12.6. The summed E-state index contributed by atoms with van der Waals surface area (Å²) in [6.07, 6.45) is -0.560. The predicted molar refractivity (Wildman–Crippen MR) is 98.6 cm³/mol. The van der Waals surface area contributed by atoms with Gasteiger partial charge in [0.2, 0.25) is 0 Å². The van der Waals surface area contributed by atoms with Crippen LogP contribution in [0.2, 0.25) is 0 Å². The third-order valence-corrected chi connectivity index (χ3v) is 4.20. The molecule has 2 aromatic carbocycles. The Morgan fingerprint density at radius 2 is 2.00 bits per heavy atom. The molecule has 0 aliphatic rings. The standard InChI is InChI=1S/C20H23N3O2/c1-13-9-10-14(2)18(11-13)25-15(3)20(24)23(4)12-19-21-16-7-5-6-8-17(16)22-19/h5-11,15H,12H2,1-4H3,(H,21,22)/t15-/m0/s1. The maximum absolute atomic E-state index is 12.6. The molecule has 1 amide bonds. The summed E-state index contributed by atoms with van der Waals surface area (Å²) in [5, 5.41) is 0. The molecule has 0 spiro atoms. The Hall–Kier alpha value is -2.82. The van der Waals surface area contributed by atoms with E-state index in [0.29, 0.717) is 6.54 Å². The second-order valence-electron chi connectivity index (χ2n) is 6.42. The number of carbonyl (C=O) groups is 1. The number of rotatable bonds is 5. The van der Waals surface area contributed by atoms with Gasteiger partial charge in [-0.3, -0.25) is 4.79 Å². The lowest BCUT2D eigenvalue weighted by atomic mass is 10.1. The van der Waals surface area contributed by atoms with E-state index in [1.54, 1.807) is 18.9 Å². The van der Waals surface area contributed by atoms with Gasteiger partial charge in [-0.1, -0.05) is 24.3 Å². The monoisotopic (exact) mass is 337 g/mol. The Morgan fingerprint density at radius 3 is 2.76 bits per heavy atom. The maximum Gasteiger partial charge on any atom is 0.263 e. The number of likely N-dealkylation sites (N-methyl/N-ethyl adjacent to an activating group) is 1. The molecule has 5 nitrogen and oxygen atoms in total. The second kappa shape index (κ2) is 6.97. The highest BCUT2D eigenvalue weighted by Gasteiger charge is 2.21. The van der Waals surface area contributed by atoms with Gasteiger partial charge in [0.1, 0.15) is 11.6 Å². The smallest absolute Gasteiger partial charge is 0.263 e. The zero-order valence-electron chi connectivity index (χ0n) is 15.0. The van der Waals surface area contributed by atoms with Gasteiger partial charge in [0.15, 0.2) is 6.10 Å². The average molecular weight is 337 g/mol. The lowest BCUT2D eigenvalue weighted by Crippen LogP contribution is -2.37. The molecule has 0 radical (unpaired) electrons. The first-order valence-electron chi connectivity index (χ1n) is 8.36. The van der Waals surface area contributed by atoms with E-state index in [2.05, 4.69) is 9.97 Å². The van der Waals surface area contributed by atoms with Gasteiger partial charge in [-0.2, -0.15) is 0 Å². The number of imidazole rings is 1. The number of nitrogens with zero attached hydrogens (tertiary/aromatic N) is 2. The Labute approximate surface area is 147 Å². The number of amides is 1. The minimum absolute atomic E-state index is 0.0821. The molecule has 1 atom stereocenters. The molecule has 0 aliphatic heterocycles. The molecule has 1 N–H and O–H groups in total. The largest absolute Gasteiger partial charge is 0.481 e. The van der Waals surface area contributed by atoms with E-state index in [-0.39, 0.29) is 5.91 Å². The van der Waals surface area contributed by atoms with Crippen molar-refractivity contribution in [2.75, 3.05) is 7.05 Å². The fraction of sp³-hybridized carbons (Fsp3) is 0.300. The van der Waals surface area contributed by atoms with Gasteiger partial charge in [0.25, 0.3) is 5.91 Å². The number of hydrogen-bond acceptors (Lipinski definition) is 3. The normalized spacial score (nSPS) is 12.2. The number of benzene rings is 2. The summed E-state index contributed by atoms with van der Waals surface area (Å²) >= 11 is 0. The number of fused-ring (bicyclic) bond motifs is 1. The third kappa shape index (κ3) is 3.82. The van der Waals surface area contributed by atoms with Crippen molar-refractivity contribution >= 4 is 16.9 Å². The summed E-state index contributed by atoms with van der Waals surface area (Å²) in [5.41, 5.74) is 4.00. The molecule has 0 bridgehead atoms. The van der Waals surface area contributed by atoms with Crippen LogP contribution in [0.1, 0.15) is 23.9 Å². The molecular formula is C20H23N3O2. The number of aromatic amines is 1. The van der Waals surface area contributed by atoms with Crippen LogP contribution in [0.3, 0.4) is 0 Å². The lowest BCUT2D eigenvalue weighted by molar-refractivity contribution is -0.137. The van der Waals surface area contributed by atoms with Crippen LogP contribution >= 0.6 is 0 Å². The first-order valence-corrected chi connectivity index (χ1v) is 8.36. The number of aryl methyl sites for hydroxylation is 2. The Kier molecular flexibility index (Phi) is 4.74. The number of nitrogens with one attached hydrogen (secondary N) is 1. The van der Waals surface area contributed by atoms with Gasteiger partial charge in [-0.25, -0.2) is 4.98 Å². The van der Waals surface area contributed by atoms with Gasteiger partial charge in [-0.05, 0) is 50.1 Å². The fourth-order valence-corrected chi connectivity index (χ4v) is 2.77. The van der Waals surface area contributed by atoms with Crippen LogP contribution in [0.4, 0.5) is 0 Å². The van der Waals surface area contributed by atoms with Gasteiger partial charge in [-0.15, -0.1) is 0 Å². The molecule has 3 rings (SSSR count). The zero-order valence-corrected chi connectivity index (χ0v) is 15.0. The molecule has 3 aromatic rings. The quantitative estimate of drug-likeness (QED) is 0.774. The summed E-state index contributed by atoms with van der Waals surface area (Å²) in [7, 11) is 1.76. The molecule has 0 saturated carbocycles. The van der Waals surface area contributed by atoms with Gasteiger partial charge in [0.05, 0.1) is 17.6 Å². The highest BCUT2D eigenvalue weighted by Crippen LogP contribution is 2.21. The first-order chi connectivity index (χ1) is 11.9. The van der Waals surface area contributed by atoms with E-state index in [1.165, 1.54) is 0 Å². The molecule has 5 heteroatoms. The number of aromatic nitrogens is 2. The second-order valence-corrected chi connectivity index (χ2v) is 6.42.